The third-order valence-electron chi connectivity index (χ3n) is 3.92. The molecule has 4 nitrogen and oxygen atoms in total. The molecular formula is C17H20O4. The van der Waals surface area contributed by atoms with Crippen LogP contribution >= 0.6 is 0 Å². The molecule has 0 heterocycles. The molecule has 1 saturated carbocycles. The molecule has 0 aromatic heterocycles. The summed E-state index contributed by atoms with van der Waals surface area (Å²) >= 11 is 0. The molecule has 0 bridgehead atoms. The van der Waals surface area contributed by atoms with Crippen LogP contribution in [0.25, 0.3) is 0 Å². The molecular weight excluding hydrogens is 268 g/mol. The van der Waals surface area contributed by atoms with Gasteiger partial charge in [0.15, 0.2) is 5.78 Å². The Hall–Kier alpha value is -1.97. The number of ketones is 2. The smallest absolute Gasteiger partial charge is 0.308 e. The van der Waals surface area contributed by atoms with Crippen LogP contribution in [0.15, 0.2) is 24.3 Å². The van der Waals surface area contributed by atoms with Crippen molar-refractivity contribution >= 4 is 17.5 Å². The minimum atomic E-state index is -0.712. The van der Waals surface area contributed by atoms with Crippen molar-refractivity contribution in [2.45, 2.75) is 33.1 Å². The van der Waals surface area contributed by atoms with Gasteiger partial charge in [-0.25, -0.2) is 0 Å². The van der Waals surface area contributed by atoms with Gasteiger partial charge in [0.2, 0.25) is 0 Å². The van der Waals surface area contributed by atoms with E-state index in [0.29, 0.717) is 18.6 Å². The number of Topliss-reactive ketones (excluding diaryl/α,β-unsaturated/α-hetero) is 2. The first-order chi connectivity index (χ1) is 10.0. The molecule has 2 rings (SSSR count). The number of hydrogen-bond donors (Lipinski definition) is 0. The highest BCUT2D eigenvalue weighted by Crippen LogP contribution is 2.30. The summed E-state index contributed by atoms with van der Waals surface area (Å²) < 4.78 is 5.00. The molecule has 4 heteroatoms. The SMILES string of the molecule is CCOC(=O)C1CCC(=O)C(C(=O)c2ccc(C)cc2)C1. The fraction of sp³-hybridized carbons (Fsp3) is 0.471. The van der Waals surface area contributed by atoms with Crippen LogP contribution in [0.4, 0.5) is 0 Å². The topological polar surface area (TPSA) is 60.4 Å². The predicted molar refractivity (Wildman–Crippen MR) is 78.0 cm³/mol. The Morgan fingerprint density at radius 3 is 2.52 bits per heavy atom. The van der Waals surface area contributed by atoms with E-state index in [4.69, 9.17) is 4.74 Å². The lowest BCUT2D eigenvalue weighted by molar-refractivity contribution is -0.150. The second-order valence-electron chi connectivity index (χ2n) is 5.47. The predicted octanol–water partition coefficient (Wildman–Crippen LogP) is 2.73. The van der Waals surface area contributed by atoms with Crippen molar-refractivity contribution in [2.75, 3.05) is 6.61 Å². The second-order valence-corrected chi connectivity index (χ2v) is 5.47. The largest absolute Gasteiger partial charge is 0.466 e. The van der Waals surface area contributed by atoms with E-state index >= 15 is 0 Å². The molecule has 112 valence electrons. The third-order valence-corrected chi connectivity index (χ3v) is 3.92. The summed E-state index contributed by atoms with van der Waals surface area (Å²) in [6.45, 7) is 4.01. The molecule has 0 radical (unpaired) electrons. The summed E-state index contributed by atoms with van der Waals surface area (Å²) in [7, 11) is 0. The first kappa shape index (κ1) is 15.4. The van der Waals surface area contributed by atoms with Crippen LogP contribution < -0.4 is 0 Å². The summed E-state index contributed by atoms with van der Waals surface area (Å²) in [4.78, 5) is 36.3. The zero-order chi connectivity index (χ0) is 15.4. The van der Waals surface area contributed by atoms with E-state index in [1.165, 1.54) is 0 Å². The molecule has 2 unspecified atom stereocenters. The maximum Gasteiger partial charge on any atom is 0.308 e. The summed E-state index contributed by atoms with van der Waals surface area (Å²) in [5, 5.41) is 0. The number of aryl methyl sites for hydroxylation is 1. The Kier molecular flexibility index (Phi) is 4.89. The van der Waals surface area contributed by atoms with Crippen LogP contribution in [-0.4, -0.2) is 24.1 Å². The van der Waals surface area contributed by atoms with Gasteiger partial charge in [-0.2, -0.15) is 0 Å². The van der Waals surface area contributed by atoms with Gasteiger partial charge in [0.05, 0.1) is 18.4 Å². The highest BCUT2D eigenvalue weighted by molar-refractivity contribution is 6.11. The number of rotatable bonds is 4. The first-order valence-electron chi connectivity index (χ1n) is 7.33. The van der Waals surface area contributed by atoms with Crippen molar-refractivity contribution in [1.29, 1.82) is 0 Å². The highest BCUT2D eigenvalue weighted by Gasteiger charge is 2.37. The van der Waals surface area contributed by atoms with Gasteiger partial charge in [0, 0.05) is 12.0 Å². The Morgan fingerprint density at radius 1 is 1.24 bits per heavy atom. The molecule has 1 aromatic rings. The lowest BCUT2D eigenvalue weighted by Crippen LogP contribution is -2.35. The molecule has 1 aromatic carbocycles. The van der Waals surface area contributed by atoms with Crippen molar-refractivity contribution in [1.82, 2.24) is 0 Å². The summed E-state index contributed by atoms with van der Waals surface area (Å²) in [5.74, 6) is -1.61. The molecule has 0 saturated heterocycles. The van der Waals surface area contributed by atoms with E-state index in [1.54, 1.807) is 19.1 Å². The zero-order valence-corrected chi connectivity index (χ0v) is 12.4. The molecule has 0 N–H and O–H groups in total. The number of benzene rings is 1. The van der Waals surface area contributed by atoms with Crippen LogP contribution in [0.1, 0.15) is 42.1 Å². The average molecular weight is 288 g/mol. The van der Waals surface area contributed by atoms with E-state index < -0.39 is 5.92 Å². The van der Waals surface area contributed by atoms with Crippen LogP contribution in [0.3, 0.4) is 0 Å². The van der Waals surface area contributed by atoms with Gasteiger partial charge in [-0.15, -0.1) is 0 Å². The van der Waals surface area contributed by atoms with Crippen molar-refractivity contribution in [3.05, 3.63) is 35.4 Å². The number of ether oxygens (including phenoxy) is 1. The Morgan fingerprint density at radius 2 is 1.90 bits per heavy atom. The minimum Gasteiger partial charge on any atom is -0.466 e. The highest BCUT2D eigenvalue weighted by atomic mass is 16.5. The van der Waals surface area contributed by atoms with Gasteiger partial charge in [0.1, 0.15) is 5.78 Å². The molecule has 21 heavy (non-hydrogen) atoms. The van der Waals surface area contributed by atoms with Crippen LogP contribution in [-0.2, 0) is 14.3 Å². The summed E-state index contributed by atoms with van der Waals surface area (Å²) in [6, 6.07) is 7.17. The molecule has 1 aliphatic rings. The van der Waals surface area contributed by atoms with Gasteiger partial charge in [-0.05, 0) is 26.7 Å². The normalized spacial score (nSPS) is 21.9. The van der Waals surface area contributed by atoms with Crippen molar-refractivity contribution in [3.8, 4) is 0 Å². The Balaban J connectivity index is 2.13. The van der Waals surface area contributed by atoms with E-state index in [0.717, 1.165) is 5.56 Å². The maximum atomic E-state index is 12.5. The Bertz CT molecular complexity index is 544. The third kappa shape index (κ3) is 3.57. The van der Waals surface area contributed by atoms with E-state index in [-0.39, 0.29) is 36.3 Å². The second kappa shape index (κ2) is 6.66. The zero-order valence-electron chi connectivity index (χ0n) is 12.4. The van der Waals surface area contributed by atoms with Gasteiger partial charge in [0.25, 0.3) is 0 Å². The Labute approximate surface area is 124 Å². The molecule has 1 aliphatic carbocycles. The first-order valence-corrected chi connectivity index (χ1v) is 7.33. The fourth-order valence-electron chi connectivity index (χ4n) is 2.67. The van der Waals surface area contributed by atoms with E-state index in [9.17, 15) is 14.4 Å². The summed E-state index contributed by atoms with van der Waals surface area (Å²) in [5.41, 5.74) is 1.59. The number of carbonyl (C=O) groups excluding carboxylic acids is 3. The van der Waals surface area contributed by atoms with Crippen molar-refractivity contribution in [2.24, 2.45) is 11.8 Å². The average Bonchev–Trinajstić information content (AvgIpc) is 2.48. The van der Waals surface area contributed by atoms with Gasteiger partial charge in [-0.3, -0.25) is 14.4 Å². The van der Waals surface area contributed by atoms with Crippen LogP contribution in [0.5, 0.6) is 0 Å². The van der Waals surface area contributed by atoms with E-state index in [1.807, 2.05) is 19.1 Å². The molecule has 1 fully saturated rings. The van der Waals surface area contributed by atoms with Crippen LogP contribution in [0.2, 0.25) is 0 Å². The number of carbonyl (C=O) groups is 3. The van der Waals surface area contributed by atoms with Crippen molar-refractivity contribution < 1.29 is 19.1 Å². The van der Waals surface area contributed by atoms with Gasteiger partial charge < -0.3 is 4.74 Å². The molecule has 0 aliphatic heterocycles. The molecule has 2 atom stereocenters. The number of esters is 1. The molecule has 0 spiro atoms. The van der Waals surface area contributed by atoms with E-state index in [2.05, 4.69) is 0 Å². The standard InChI is InChI=1S/C17H20O4/c1-3-21-17(20)13-8-9-15(18)14(10-13)16(19)12-6-4-11(2)5-7-12/h4-7,13-14H,3,8-10H2,1-2H3. The lowest BCUT2D eigenvalue weighted by atomic mass is 9.77. The monoisotopic (exact) mass is 288 g/mol. The lowest BCUT2D eigenvalue weighted by Gasteiger charge is -2.25. The van der Waals surface area contributed by atoms with Gasteiger partial charge in [-0.1, -0.05) is 29.8 Å². The van der Waals surface area contributed by atoms with Crippen LogP contribution in [0, 0.1) is 18.8 Å². The maximum absolute atomic E-state index is 12.5. The molecule has 0 amide bonds. The van der Waals surface area contributed by atoms with Gasteiger partial charge >= 0.3 is 5.97 Å². The minimum absolute atomic E-state index is 0.0684. The fourth-order valence-corrected chi connectivity index (χ4v) is 2.67. The number of hydrogen-bond acceptors (Lipinski definition) is 4. The summed E-state index contributed by atoms with van der Waals surface area (Å²) in [6.07, 6.45) is 1.02. The van der Waals surface area contributed by atoms with Crippen molar-refractivity contribution in [3.63, 3.8) is 0 Å². The quantitative estimate of drug-likeness (QED) is 0.485.